The van der Waals surface area contributed by atoms with Crippen molar-refractivity contribution in [2.75, 3.05) is 46.3 Å². The molecule has 2 N–H and O–H groups in total. The van der Waals surface area contributed by atoms with Gasteiger partial charge in [0.2, 0.25) is 5.91 Å². The summed E-state index contributed by atoms with van der Waals surface area (Å²) < 4.78 is 0. The molecule has 0 bridgehead atoms. The van der Waals surface area contributed by atoms with Gasteiger partial charge in [-0.05, 0) is 19.9 Å². The predicted octanol–water partition coefficient (Wildman–Crippen LogP) is -1.60. The molecule has 108 valence electrons. The van der Waals surface area contributed by atoms with Gasteiger partial charge in [-0.2, -0.15) is 0 Å². The lowest BCUT2D eigenvalue weighted by molar-refractivity contribution is -0.146. The third-order valence-corrected chi connectivity index (χ3v) is 3.12. The molecule has 0 aromatic carbocycles. The molecule has 19 heavy (non-hydrogen) atoms. The van der Waals surface area contributed by atoms with Gasteiger partial charge in [0, 0.05) is 33.2 Å². The zero-order valence-electron chi connectivity index (χ0n) is 11.6. The first kappa shape index (κ1) is 15.4. The molecular weight excluding hydrogens is 248 g/mol. The summed E-state index contributed by atoms with van der Waals surface area (Å²) >= 11 is 0. The van der Waals surface area contributed by atoms with E-state index in [-0.39, 0.29) is 12.5 Å². The first-order valence-electron chi connectivity index (χ1n) is 6.58. The molecule has 0 aromatic rings. The van der Waals surface area contributed by atoms with E-state index in [9.17, 15) is 14.4 Å². The van der Waals surface area contributed by atoms with Crippen molar-refractivity contribution in [2.24, 2.45) is 0 Å². The summed E-state index contributed by atoms with van der Waals surface area (Å²) in [5, 5.41) is 5.53. The Labute approximate surface area is 113 Å². The van der Waals surface area contributed by atoms with Crippen LogP contribution in [0.1, 0.15) is 13.3 Å². The summed E-state index contributed by atoms with van der Waals surface area (Å²) in [6, 6.07) is 0. The second-order valence-electron chi connectivity index (χ2n) is 4.49. The highest BCUT2D eigenvalue weighted by Gasteiger charge is 2.22. The van der Waals surface area contributed by atoms with Gasteiger partial charge in [0.05, 0.1) is 6.54 Å². The average Bonchev–Trinajstić information content (AvgIpc) is 2.71. The summed E-state index contributed by atoms with van der Waals surface area (Å²) in [6.07, 6.45) is 0.830. The topological polar surface area (TPSA) is 81.8 Å². The van der Waals surface area contributed by atoms with Crippen molar-refractivity contribution in [3.63, 3.8) is 0 Å². The van der Waals surface area contributed by atoms with Crippen LogP contribution in [0.15, 0.2) is 0 Å². The van der Waals surface area contributed by atoms with Crippen molar-refractivity contribution in [3.05, 3.63) is 0 Å². The van der Waals surface area contributed by atoms with E-state index in [4.69, 9.17) is 0 Å². The van der Waals surface area contributed by atoms with Crippen LogP contribution < -0.4 is 10.6 Å². The summed E-state index contributed by atoms with van der Waals surface area (Å²) in [6.45, 7) is 4.91. The van der Waals surface area contributed by atoms with Crippen molar-refractivity contribution in [3.8, 4) is 0 Å². The number of rotatable bonds is 3. The van der Waals surface area contributed by atoms with Crippen LogP contribution in [0.4, 0.5) is 0 Å². The van der Waals surface area contributed by atoms with Crippen molar-refractivity contribution >= 4 is 17.7 Å². The molecule has 1 heterocycles. The van der Waals surface area contributed by atoms with Crippen LogP contribution in [-0.2, 0) is 14.4 Å². The van der Waals surface area contributed by atoms with Gasteiger partial charge < -0.3 is 20.4 Å². The lowest BCUT2D eigenvalue weighted by Gasteiger charge is -2.19. The third-order valence-electron chi connectivity index (χ3n) is 3.12. The Bertz CT molecular complexity index is 338. The Morgan fingerprint density at radius 3 is 2.68 bits per heavy atom. The number of hydrogen-bond donors (Lipinski definition) is 2. The molecule has 1 saturated heterocycles. The monoisotopic (exact) mass is 270 g/mol. The number of nitrogens with one attached hydrogen (secondary N) is 2. The molecule has 1 fully saturated rings. The quantitative estimate of drug-likeness (QED) is 0.605. The van der Waals surface area contributed by atoms with Gasteiger partial charge in [0.1, 0.15) is 0 Å². The van der Waals surface area contributed by atoms with Crippen LogP contribution in [0.2, 0.25) is 0 Å². The van der Waals surface area contributed by atoms with Gasteiger partial charge in [-0.1, -0.05) is 0 Å². The van der Waals surface area contributed by atoms with Gasteiger partial charge in [-0.15, -0.1) is 0 Å². The number of hydrogen-bond acceptors (Lipinski definition) is 4. The highest BCUT2D eigenvalue weighted by atomic mass is 16.2. The van der Waals surface area contributed by atoms with E-state index in [1.807, 2.05) is 6.92 Å². The number of likely N-dealkylation sites (N-methyl/N-ethyl adjacent to an activating group) is 1. The van der Waals surface area contributed by atoms with E-state index in [0.717, 1.165) is 13.0 Å². The molecule has 0 spiro atoms. The molecule has 1 aliphatic rings. The Morgan fingerprint density at radius 2 is 2.00 bits per heavy atom. The van der Waals surface area contributed by atoms with Crippen LogP contribution >= 0.6 is 0 Å². The molecule has 7 nitrogen and oxygen atoms in total. The maximum absolute atomic E-state index is 11.9. The minimum Gasteiger partial charge on any atom is -0.345 e. The first-order chi connectivity index (χ1) is 9.06. The van der Waals surface area contributed by atoms with E-state index in [1.165, 1.54) is 9.80 Å². The lowest BCUT2D eigenvalue weighted by atomic mass is 10.3. The summed E-state index contributed by atoms with van der Waals surface area (Å²) in [7, 11) is 1.65. The smallest absolute Gasteiger partial charge is 0.311 e. The molecule has 1 rings (SSSR count). The number of carbonyl (C=O) groups is 3. The summed E-state index contributed by atoms with van der Waals surface area (Å²) in [4.78, 5) is 38.1. The van der Waals surface area contributed by atoms with Crippen LogP contribution in [0.25, 0.3) is 0 Å². The maximum Gasteiger partial charge on any atom is 0.311 e. The summed E-state index contributed by atoms with van der Waals surface area (Å²) in [5.41, 5.74) is 0. The number of carbonyl (C=O) groups excluding carboxylic acids is 3. The van der Waals surface area contributed by atoms with E-state index in [0.29, 0.717) is 26.2 Å². The maximum atomic E-state index is 11.9. The second-order valence-corrected chi connectivity index (χ2v) is 4.49. The van der Waals surface area contributed by atoms with Crippen LogP contribution in [0, 0.1) is 0 Å². The highest BCUT2D eigenvalue weighted by Crippen LogP contribution is 1.96. The Balaban J connectivity index is 2.39. The summed E-state index contributed by atoms with van der Waals surface area (Å²) in [5.74, 6) is -1.48. The molecule has 0 aliphatic carbocycles. The van der Waals surface area contributed by atoms with Crippen LogP contribution in [0.3, 0.4) is 0 Å². The van der Waals surface area contributed by atoms with Crippen molar-refractivity contribution in [2.45, 2.75) is 13.3 Å². The zero-order chi connectivity index (χ0) is 14.3. The molecule has 7 heteroatoms. The second kappa shape index (κ2) is 7.73. The molecule has 0 unspecified atom stereocenters. The van der Waals surface area contributed by atoms with Crippen LogP contribution in [0.5, 0.6) is 0 Å². The fourth-order valence-corrected chi connectivity index (χ4v) is 1.74. The lowest BCUT2D eigenvalue weighted by Crippen LogP contribution is -2.47. The zero-order valence-corrected chi connectivity index (χ0v) is 11.6. The molecule has 3 amide bonds. The highest BCUT2D eigenvalue weighted by molar-refractivity contribution is 6.35. The number of amides is 3. The van der Waals surface area contributed by atoms with Gasteiger partial charge in [0.15, 0.2) is 0 Å². The molecule has 0 radical (unpaired) electrons. The minimum atomic E-state index is -0.709. The van der Waals surface area contributed by atoms with Crippen molar-refractivity contribution < 1.29 is 14.4 Å². The fourth-order valence-electron chi connectivity index (χ4n) is 1.74. The SMILES string of the molecule is CCN(C)C(=O)CNC(=O)C(=O)N1CCCNCC1. The standard InChI is InChI=1S/C12H22N4O3/c1-3-15(2)10(17)9-14-11(18)12(19)16-7-4-5-13-6-8-16/h13H,3-9H2,1-2H3,(H,14,18). The average molecular weight is 270 g/mol. The Morgan fingerprint density at radius 1 is 1.26 bits per heavy atom. The molecule has 0 aromatic heterocycles. The van der Waals surface area contributed by atoms with Gasteiger partial charge >= 0.3 is 11.8 Å². The fraction of sp³-hybridized carbons (Fsp3) is 0.750. The number of nitrogens with zero attached hydrogens (tertiary/aromatic N) is 2. The Hall–Kier alpha value is -1.63. The molecule has 0 atom stereocenters. The molecular formula is C12H22N4O3. The minimum absolute atomic E-state index is 0.138. The predicted molar refractivity (Wildman–Crippen MR) is 70.4 cm³/mol. The third kappa shape index (κ3) is 4.86. The van der Waals surface area contributed by atoms with Gasteiger partial charge in [-0.3, -0.25) is 14.4 Å². The van der Waals surface area contributed by atoms with E-state index in [1.54, 1.807) is 7.05 Å². The first-order valence-corrected chi connectivity index (χ1v) is 6.58. The van der Waals surface area contributed by atoms with E-state index < -0.39 is 11.8 Å². The molecule has 1 aliphatic heterocycles. The largest absolute Gasteiger partial charge is 0.345 e. The van der Waals surface area contributed by atoms with Crippen molar-refractivity contribution in [1.29, 1.82) is 0 Å². The molecule has 0 saturated carbocycles. The van der Waals surface area contributed by atoms with Gasteiger partial charge in [-0.25, -0.2) is 0 Å². The van der Waals surface area contributed by atoms with Crippen molar-refractivity contribution in [1.82, 2.24) is 20.4 Å². The van der Waals surface area contributed by atoms with E-state index >= 15 is 0 Å². The van der Waals surface area contributed by atoms with E-state index in [2.05, 4.69) is 10.6 Å². The van der Waals surface area contributed by atoms with Gasteiger partial charge in [0.25, 0.3) is 0 Å². The Kier molecular flexibility index (Phi) is 6.27. The van der Waals surface area contributed by atoms with Crippen LogP contribution in [-0.4, -0.2) is 73.8 Å². The normalized spacial score (nSPS) is 15.6.